The van der Waals surface area contributed by atoms with E-state index in [1.54, 1.807) is 17.8 Å². The molecule has 2 aromatic carbocycles. The van der Waals surface area contributed by atoms with Gasteiger partial charge in [-0.25, -0.2) is 9.78 Å². The lowest BCUT2D eigenvalue weighted by atomic mass is 10.2. The van der Waals surface area contributed by atoms with Gasteiger partial charge in [0.1, 0.15) is 5.01 Å². The van der Waals surface area contributed by atoms with Gasteiger partial charge in [-0.1, -0.05) is 47.7 Å². The van der Waals surface area contributed by atoms with Crippen molar-refractivity contribution in [1.82, 2.24) is 24.4 Å². The number of nitrogens with zero attached hydrogens (tertiary/aromatic N) is 5. The van der Waals surface area contributed by atoms with Gasteiger partial charge in [0.15, 0.2) is 0 Å². The van der Waals surface area contributed by atoms with E-state index in [0.717, 1.165) is 39.9 Å². The Labute approximate surface area is 205 Å². The molecule has 1 aliphatic rings. The molecule has 1 saturated heterocycles. The fraction of sp³-hybridized carbons (Fsp3) is 0.250. The van der Waals surface area contributed by atoms with Crippen LogP contribution in [0.2, 0.25) is 0 Å². The summed E-state index contributed by atoms with van der Waals surface area (Å²) in [6, 6.07) is 19.1. The quantitative estimate of drug-likeness (QED) is 0.426. The number of hydrogen-bond donors (Lipinski definition) is 1. The van der Waals surface area contributed by atoms with Crippen molar-refractivity contribution in [2.75, 3.05) is 37.8 Å². The summed E-state index contributed by atoms with van der Waals surface area (Å²) in [5.41, 5.74) is 2.31. The molecule has 5 rings (SSSR count). The van der Waals surface area contributed by atoms with Crippen LogP contribution in [0.4, 0.5) is 10.5 Å². The highest BCUT2D eigenvalue weighted by molar-refractivity contribution is 7.98. The lowest BCUT2D eigenvalue weighted by Crippen LogP contribution is -2.49. The van der Waals surface area contributed by atoms with Crippen molar-refractivity contribution in [3.63, 3.8) is 0 Å². The average molecular weight is 493 g/mol. The van der Waals surface area contributed by atoms with Crippen LogP contribution in [-0.4, -0.2) is 62.9 Å². The molecule has 2 amide bonds. The minimum atomic E-state index is -0.177. The number of carbonyl (C=O) groups excluding carboxylic acids is 1. The zero-order valence-electron chi connectivity index (χ0n) is 18.7. The topological polar surface area (TPSA) is 82.8 Å². The van der Waals surface area contributed by atoms with Gasteiger partial charge >= 0.3 is 6.03 Å². The maximum Gasteiger partial charge on any atom is 0.321 e. The summed E-state index contributed by atoms with van der Waals surface area (Å²) in [5, 5.41) is 8.20. The second kappa shape index (κ2) is 9.96. The summed E-state index contributed by atoms with van der Waals surface area (Å²) in [4.78, 5) is 35.7. The summed E-state index contributed by atoms with van der Waals surface area (Å²) >= 11 is 3.05. The second-order valence-electron chi connectivity index (χ2n) is 7.98. The Morgan fingerprint density at radius 1 is 1.06 bits per heavy atom. The standard InChI is InChI=1S/C24H24N6O2S2/c1-33-20-9-5-8-18(14-20)25-23(32)29-12-10-28(11-13-29)16-19-15-21(31)30-24(26-19)34-22(27-30)17-6-3-2-4-7-17/h2-9,14-15H,10-13,16H2,1H3,(H,25,32). The Kier molecular flexibility index (Phi) is 6.61. The average Bonchev–Trinajstić information content (AvgIpc) is 3.30. The number of carbonyl (C=O) groups is 1. The number of amides is 2. The molecule has 0 radical (unpaired) electrons. The number of benzene rings is 2. The summed E-state index contributed by atoms with van der Waals surface area (Å²) in [6.07, 6.45) is 2.01. The predicted octanol–water partition coefficient (Wildman–Crippen LogP) is 3.89. The van der Waals surface area contributed by atoms with E-state index in [9.17, 15) is 9.59 Å². The smallest absolute Gasteiger partial charge is 0.321 e. The van der Waals surface area contributed by atoms with E-state index in [2.05, 4.69) is 20.3 Å². The SMILES string of the molecule is CSc1cccc(NC(=O)N2CCN(Cc3cc(=O)n4nc(-c5ccccc5)sc4n3)CC2)c1. The van der Waals surface area contributed by atoms with Crippen LogP contribution in [0.1, 0.15) is 5.69 Å². The minimum Gasteiger partial charge on any atom is -0.322 e. The lowest BCUT2D eigenvalue weighted by Gasteiger charge is -2.34. The van der Waals surface area contributed by atoms with Crippen LogP contribution in [0.25, 0.3) is 15.5 Å². The van der Waals surface area contributed by atoms with Crippen LogP contribution in [0.15, 0.2) is 70.4 Å². The normalized spacial score (nSPS) is 14.4. The molecule has 1 N–H and O–H groups in total. The van der Waals surface area contributed by atoms with Crippen molar-refractivity contribution in [2.24, 2.45) is 0 Å². The van der Waals surface area contributed by atoms with Crippen molar-refractivity contribution < 1.29 is 4.79 Å². The Morgan fingerprint density at radius 3 is 2.62 bits per heavy atom. The van der Waals surface area contributed by atoms with E-state index in [0.29, 0.717) is 24.6 Å². The third-order valence-corrected chi connectivity index (χ3v) is 7.37. The lowest BCUT2D eigenvalue weighted by molar-refractivity contribution is 0.142. The second-order valence-corrected chi connectivity index (χ2v) is 9.81. The number of hydrogen-bond acceptors (Lipinski definition) is 7. The van der Waals surface area contributed by atoms with Gasteiger partial charge in [0, 0.05) is 54.9 Å². The number of urea groups is 1. The van der Waals surface area contributed by atoms with Crippen molar-refractivity contribution in [2.45, 2.75) is 11.4 Å². The Bertz CT molecular complexity index is 1360. The van der Waals surface area contributed by atoms with Crippen LogP contribution in [0.5, 0.6) is 0 Å². The third-order valence-electron chi connectivity index (χ3n) is 5.68. The highest BCUT2D eigenvalue weighted by Crippen LogP contribution is 2.24. The highest BCUT2D eigenvalue weighted by atomic mass is 32.2. The van der Waals surface area contributed by atoms with Gasteiger partial charge in [0.2, 0.25) is 4.96 Å². The summed E-state index contributed by atoms with van der Waals surface area (Å²) in [5.74, 6) is 0. The van der Waals surface area contributed by atoms with Gasteiger partial charge in [-0.2, -0.15) is 9.61 Å². The van der Waals surface area contributed by atoms with E-state index in [4.69, 9.17) is 0 Å². The molecule has 1 aliphatic heterocycles. The molecule has 0 aliphatic carbocycles. The molecular formula is C24H24N6O2S2. The first-order chi connectivity index (χ1) is 16.6. The molecule has 10 heteroatoms. The number of piperazine rings is 1. The molecule has 0 saturated carbocycles. The van der Waals surface area contributed by atoms with E-state index in [-0.39, 0.29) is 11.6 Å². The van der Waals surface area contributed by atoms with Crippen LogP contribution >= 0.6 is 23.1 Å². The zero-order valence-corrected chi connectivity index (χ0v) is 20.3. The number of thioether (sulfide) groups is 1. The van der Waals surface area contributed by atoms with Crippen molar-refractivity contribution in [3.05, 3.63) is 76.7 Å². The minimum absolute atomic E-state index is 0.0891. The van der Waals surface area contributed by atoms with E-state index >= 15 is 0 Å². The van der Waals surface area contributed by atoms with Gasteiger partial charge in [-0.3, -0.25) is 9.69 Å². The van der Waals surface area contributed by atoms with Gasteiger partial charge < -0.3 is 10.2 Å². The zero-order chi connectivity index (χ0) is 23.5. The monoisotopic (exact) mass is 492 g/mol. The van der Waals surface area contributed by atoms with Crippen LogP contribution < -0.4 is 10.9 Å². The fourth-order valence-corrected chi connectivity index (χ4v) is 5.27. The number of rotatable bonds is 5. The summed E-state index contributed by atoms with van der Waals surface area (Å²) in [6.45, 7) is 3.24. The van der Waals surface area contributed by atoms with Crippen molar-refractivity contribution in [1.29, 1.82) is 0 Å². The Balaban J connectivity index is 1.21. The molecule has 174 valence electrons. The molecule has 1 fully saturated rings. The van der Waals surface area contributed by atoms with Crippen molar-refractivity contribution >= 4 is 39.8 Å². The molecule has 0 spiro atoms. The van der Waals surface area contributed by atoms with Gasteiger partial charge in [-0.05, 0) is 24.5 Å². The molecule has 2 aromatic heterocycles. The van der Waals surface area contributed by atoms with E-state index < -0.39 is 0 Å². The predicted molar refractivity (Wildman–Crippen MR) is 137 cm³/mol. The van der Waals surface area contributed by atoms with Gasteiger partial charge in [0.05, 0.1) is 5.69 Å². The maximum absolute atomic E-state index is 12.7. The maximum atomic E-state index is 12.7. The molecule has 4 aromatic rings. The summed E-state index contributed by atoms with van der Waals surface area (Å²) in [7, 11) is 0. The number of fused-ring (bicyclic) bond motifs is 1. The van der Waals surface area contributed by atoms with E-state index in [1.165, 1.54) is 15.9 Å². The highest BCUT2D eigenvalue weighted by Gasteiger charge is 2.22. The molecule has 0 bridgehead atoms. The number of anilines is 1. The number of nitrogens with one attached hydrogen (secondary N) is 1. The van der Waals surface area contributed by atoms with Gasteiger partial charge in [-0.15, -0.1) is 11.8 Å². The molecule has 3 heterocycles. The number of aromatic nitrogens is 3. The molecule has 0 atom stereocenters. The molecule has 0 unspecified atom stereocenters. The third kappa shape index (κ3) is 4.98. The van der Waals surface area contributed by atoms with Crippen molar-refractivity contribution in [3.8, 4) is 10.6 Å². The molecule has 8 nitrogen and oxygen atoms in total. The first-order valence-electron chi connectivity index (χ1n) is 11.0. The van der Waals surface area contributed by atoms with Gasteiger partial charge in [0.25, 0.3) is 5.56 Å². The Hall–Kier alpha value is -3.21. The molecular weight excluding hydrogens is 468 g/mol. The van der Waals surface area contributed by atoms with Crippen LogP contribution in [0.3, 0.4) is 0 Å². The van der Waals surface area contributed by atoms with Crippen LogP contribution in [0, 0.1) is 0 Å². The van der Waals surface area contributed by atoms with E-state index in [1.807, 2.05) is 65.8 Å². The largest absolute Gasteiger partial charge is 0.322 e. The van der Waals surface area contributed by atoms with Crippen LogP contribution in [-0.2, 0) is 6.54 Å². The Morgan fingerprint density at radius 2 is 1.85 bits per heavy atom. The first-order valence-corrected chi connectivity index (χ1v) is 13.0. The molecule has 34 heavy (non-hydrogen) atoms. The fourth-order valence-electron chi connectivity index (χ4n) is 3.88. The first kappa shape index (κ1) is 22.6. The summed E-state index contributed by atoms with van der Waals surface area (Å²) < 4.78 is 1.37.